The van der Waals surface area contributed by atoms with Gasteiger partial charge in [0.2, 0.25) is 10.0 Å². The van der Waals surface area contributed by atoms with E-state index in [1.54, 1.807) is 0 Å². The zero-order valence-electron chi connectivity index (χ0n) is 18.6. The highest BCUT2D eigenvalue weighted by Crippen LogP contribution is 2.39. The first-order valence-electron chi connectivity index (χ1n) is 10.6. The van der Waals surface area contributed by atoms with Gasteiger partial charge in [0.15, 0.2) is 0 Å². The number of aromatic nitrogens is 1. The van der Waals surface area contributed by atoms with E-state index in [2.05, 4.69) is 4.98 Å². The van der Waals surface area contributed by atoms with Crippen molar-refractivity contribution in [1.82, 2.24) is 9.29 Å². The third-order valence-electron chi connectivity index (χ3n) is 5.83. The summed E-state index contributed by atoms with van der Waals surface area (Å²) in [5.74, 6) is -1.24. The van der Waals surface area contributed by atoms with Crippen LogP contribution in [-0.2, 0) is 27.6 Å². The number of sulfonamides is 1. The fraction of sp³-hybridized carbons (Fsp3) is 0.304. The number of halogens is 5. The van der Waals surface area contributed by atoms with Crippen LogP contribution in [0.2, 0.25) is 10.0 Å². The zero-order chi connectivity index (χ0) is 26.4. The minimum Gasteiger partial charge on any atom is -0.487 e. The second-order valence-electron chi connectivity index (χ2n) is 8.20. The van der Waals surface area contributed by atoms with Crippen molar-refractivity contribution >= 4 is 50.1 Å². The lowest BCUT2D eigenvalue weighted by Crippen LogP contribution is -2.40. The van der Waals surface area contributed by atoms with E-state index in [0.29, 0.717) is 6.42 Å². The average Bonchev–Trinajstić information content (AvgIpc) is 3.29. The fourth-order valence-corrected chi connectivity index (χ4v) is 6.67. The summed E-state index contributed by atoms with van der Waals surface area (Å²) in [6.07, 6.45) is -4.06. The van der Waals surface area contributed by atoms with E-state index in [1.807, 2.05) is 0 Å². The van der Waals surface area contributed by atoms with Gasteiger partial charge in [-0.15, -0.1) is 0 Å². The Labute approximate surface area is 214 Å². The standard InChI is InChI=1S/C23H19Cl2F3N2O5S/c1-12-10-15(23(26,27)28)13-4-2-6-18(21(13)29-12)35-11-14-16(24)7-8-19(20(14)25)36(33,34)30-9-3-5-17(30)22(31)32/h2,4,6-8,10,17H,3,5,9,11H2,1H3,(H,31,32)/t17-/m0/s1. The van der Waals surface area contributed by atoms with Crippen LogP contribution in [-0.4, -0.2) is 41.4 Å². The SMILES string of the molecule is Cc1cc(C(F)(F)F)c2cccc(OCc3c(Cl)ccc(S(=O)(=O)N4CCC[C@H]4C(=O)O)c3Cl)c2n1. The third-order valence-corrected chi connectivity index (χ3v) is 8.68. The number of aliphatic carboxylic acids is 1. The summed E-state index contributed by atoms with van der Waals surface area (Å²) in [5.41, 5.74) is -0.680. The molecule has 0 saturated carbocycles. The molecule has 2 heterocycles. The zero-order valence-corrected chi connectivity index (χ0v) is 21.0. The van der Waals surface area contributed by atoms with Gasteiger partial charge in [-0.1, -0.05) is 35.3 Å². The predicted octanol–water partition coefficient (Wildman–Crippen LogP) is 5.69. The normalized spacial score (nSPS) is 17.0. The molecule has 0 radical (unpaired) electrons. The highest BCUT2D eigenvalue weighted by molar-refractivity contribution is 7.89. The molecular weight excluding hydrogens is 544 g/mol. The number of alkyl halides is 3. The van der Waals surface area contributed by atoms with Crippen LogP contribution >= 0.6 is 23.2 Å². The van der Waals surface area contributed by atoms with Crippen LogP contribution in [0.5, 0.6) is 5.75 Å². The summed E-state index contributed by atoms with van der Waals surface area (Å²) in [6, 6.07) is 6.29. The van der Waals surface area contributed by atoms with Gasteiger partial charge in [0.05, 0.1) is 10.6 Å². The van der Waals surface area contributed by atoms with Gasteiger partial charge in [-0.05, 0) is 44.0 Å². The van der Waals surface area contributed by atoms with E-state index in [0.717, 1.165) is 10.4 Å². The maximum atomic E-state index is 13.5. The Bertz CT molecular complexity index is 1460. The Balaban J connectivity index is 1.71. The number of benzene rings is 2. The van der Waals surface area contributed by atoms with Gasteiger partial charge < -0.3 is 9.84 Å². The first-order chi connectivity index (χ1) is 16.8. The van der Waals surface area contributed by atoms with Crippen LogP contribution in [0.15, 0.2) is 41.3 Å². The van der Waals surface area contributed by atoms with Crippen molar-refractivity contribution in [3.63, 3.8) is 0 Å². The molecule has 36 heavy (non-hydrogen) atoms. The maximum Gasteiger partial charge on any atom is 0.417 e. The number of para-hydroxylation sites is 1. The first kappa shape index (κ1) is 26.5. The van der Waals surface area contributed by atoms with Crippen molar-refractivity contribution in [3.05, 3.63) is 63.3 Å². The molecule has 1 aliphatic heterocycles. The second-order valence-corrected chi connectivity index (χ2v) is 10.8. The van der Waals surface area contributed by atoms with Crippen LogP contribution in [0.3, 0.4) is 0 Å². The van der Waals surface area contributed by atoms with Crippen molar-refractivity contribution in [2.75, 3.05) is 6.54 Å². The third kappa shape index (κ3) is 4.84. The van der Waals surface area contributed by atoms with Crippen molar-refractivity contribution in [1.29, 1.82) is 0 Å². The molecule has 3 aromatic rings. The highest BCUT2D eigenvalue weighted by atomic mass is 35.5. The van der Waals surface area contributed by atoms with E-state index in [1.165, 1.54) is 37.3 Å². The predicted molar refractivity (Wildman–Crippen MR) is 127 cm³/mol. The highest BCUT2D eigenvalue weighted by Gasteiger charge is 2.41. The van der Waals surface area contributed by atoms with Gasteiger partial charge in [0.1, 0.15) is 28.8 Å². The van der Waals surface area contributed by atoms with E-state index in [-0.39, 0.29) is 62.4 Å². The number of hydrogen-bond acceptors (Lipinski definition) is 5. The first-order valence-corrected chi connectivity index (χ1v) is 12.8. The Morgan fingerprint density at radius 1 is 1.25 bits per heavy atom. The van der Waals surface area contributed by atoms with Crippen LogP contribution in [0, 0.1) is 6.92 Å². The summed E-state index contributed by atoms with van der Waals surface area (Å²) in [5, 5.41) is 9.03. The summed E-state index contributed by atoms with van der Waals surface area (Å²) < 4.78 is 73.7. The van der Waals surface area contributed by atoms with Crippen LogP contribution in [0.25, 0.3) is 10.9 Å². The fourth-order valence-electron chi connectivity index (χ4n) is 4.16. The molecule has 1 aromatic heterocycles. The van der Waals surface area contributed by atoms with Crippen molar-refractivity contribution < 1.29 is 36.2 Å². The number of carboxylic acids is 1. The molecule has 2 aromatic carbocycles. The quantitative estimate of drug-likeness (QED) is 0.414. The van der Waals surface area contributed by atoms with E-state index < -0.39 is 33.8 Å². The lowest BCUT2D eigenvalue weighted by atomic mass is 10.1. The number of aryl methyl sites for hydroxylation is 1. The van der Waals surface area contributed by atoms with Crippen LogP contribution in [0.1, 0.15) is 29.7 Å². The smallest absolute Gasteiger partial charge is 0.417 e. The van der Waals surface area contributed by atoms with Gasteiger partial charge in [-0.2, -0.15) is 17.5 Å². The average molecular weight is 563 g/mol. The molecular formula is C23H19Cl2F3N2O5S. The number of carbonyl (C=O) groups is 1. The van der Waals surface area contributed by atoms with Gasteiger partial charge in [0.25, 0.3) is 0 Å². The second kappa shape index (κ2) is 9.70. The molecule has 0 unspecified atom stereocenters. The summed E-state index contributed by atoms with van der Waals surface area (Å²) in [4.78, 5) is 15.4. The largest absolute Gasteiger partial charge is 0.487 e. The van der Waals surface area contributed by atoms with Crippen molar-refractivity contribution in [2.24, 2.45) is 0 Å². The molecule has 4 rings (SSSR count). The van der Waals surface area contributed by atoms with Crippen LogP contribution < -0.4 is 4.74 Å². The molecule has 13 heteroatoms. The molecule has 1 atom stereocenters. The topological polar surface area (TPSA) is 96.8 Å². The minimum absolute atomic E-state index is 0.0205. The lowest BCUT2D eigenvalue weighted by molar-refractivity contribution is -0.140. The summed E-state index contributed by atoms with van der Waals surface area (Å²) in [6.45, 7) is 1.07. The van der Waals surface area contributed by atoms with Gasteiger partial charge >= 0.3 is 12.1 Å². The molecule has 7 nitrogen and oxygen atoms in total. The Kier molecular flexibility index (Phi) is 7.13. The minimum atomic E-state index is -4.61. The molecule has 0 amide bonds. The number of ether oxygens (including phenoxy) is 1. The van der Waals surface area contributed by atoms with E-state index >= 15 is 0 Å². The Morgan fingerprint density at radius 2 is 1.97 bits per heavy atom. The summed E-state index contributed by atoms with van der Waals surface area (Å²) in [7, 11) is -4.28. The Morgan fingerprint density at radius 3 is 2.64 bits per heavy atom. The van der Waals surface area contributed by atoms with Crippen molar-refractivity contribution in [3.8, 4) is 5.75 Å². The van der Waals surface area contributed by atoms with Crippen molar-refractivity contribution in [2.45, 2.75) is 43.5 Å². The summed E-state index contributed by atoms with van der Waals surface area (Å²) >= 11 is 12.7. The van der Waals surface area contributed by atoms with E-state index in [9.17, 15) is 31.5 Å². The lowest BCUT2D eigenvalue weighted by Gasteiger charge is -2.22. The number of carboxylic acid groups (broad SMARTS) is 1. The molecule has 0 aliphatic carbocycles. The number of rotatable bonds is 6. The molecule has 1 aliphatic rings. The van der Waals surface area contributed by atoms with Crippen LogP contribution in [0.4, 0.5) is 13.2 Å². The molecule has 1 saturated heterocycles. The Hall–Kier alpha value is -2.60. The number of fused-ring (bicyclic) bond motifs is 1. The molecule has 0 bridgehead atoms. The molecule has 0 spiro atoms. The number of nitrogens with zero attached hydrogens (tertiary/aromatic N) is 2. The van der Waals surface area contributed by atoms with Gasteiger partial charge in [0, 0.05) is 28.2 Å². The molecule has 1 N–H and O–H groups in total. The van der Waals surface area contributed by atoms with Gasteiger partial charge in [-0.25, -0.2) is 13.4 Å². The monoisotopic (exact) mass is 562 g/mol. The maximum absolute atomic E-state index is 13.5. The number of hydrogen-bond donors (Lipinski definition) is 1. The van der Waals surface area contributed by atoms with E-state index in [4.69, 9.17) is 27.9 Å². The molecule has 1 fully saturated rings. The number of pyridine rings is 1. The molecule has 192 valence electrons. The van der Waals surface area contributed by atoms with Gasteiger partial charge in [-0.3, -0.25) is 4.79 Å².